The van der Waals surface area contributed by atoms with E-state index in [9.17, 15) is 17.6 Å². The molecule has 1 amide bonds. The lowest BCUT2D eigenvalue weighted by Gasteiger charge is -2.07. The van der Waals surface area contributed by atoms with Crippen molar-refractivity contribution in [2.75, 3.05) is 0 Å². The van der Waals surface area contributed by atoms with E-state index in [4.69, 9.17) is 0 Å². The highest BCUT2D eigenvalue weighted by atomic mass is 32.2. The second-order valence-corrected chi connectivity index (χ2v) is 6.48. The Morgan fingerprint density at radius 1 is 1.13 bits per heavy atom. The quantitative estimate of drug-likeness (QED) is 0.650. The van der Waals surface area contributed by atoms with Crippen molar-refractivity contribution in [2.24, 2.45) is 0 Å². The van der Waals surface area contributed by atoms with Gasteiger partial charge in [0.15, 0.2) is 0 Å². The molecule has 0 aliphatic heterocycles. The number of hydrazine groups is 1. The first kappa shape index (κ1) is 16.9. The Kier molecular flexibility index (Phi) is 5.25. The van der Waals surface area contributed by atoms with Gasteiger partial charge in [-0.3, -0.25) is 10.2 Å². The van der Waals surface area contributed by atoms with Crippen LogP contribution in [0.2, 0.25) is 0 Å². The van der Waals surface area contributed by atoms with Crippen LogP contribution < -0.4 is 10.3 Å². The van der Waals surface area contributed by atoms with E-state index in [0.717, 1.165) is 11.6 Å². The van der Waals surface area contributed by atoms with Crippen LogP contribution in [0.1, 0.15) is 11.1 Å². The standard InChI is InChI=1S/C16H15FN2O3S/c1-12-5-8-15(9-6-12)23(21,22)19-18-16(20)10-7-13-3-2-4-14(17)11-13/h2-11,19H,1H3,(H,18,20). The number of hydrogen-bond donors (Lipinski definition) is 2. The van der Waals surface area contributed by atoms with E-state index in [1.165, 1.54) is 36.4 Å². The monoisotopic (exact) mass is 334 g/mol. The Morgan fingerprint density at radius 2 is 1.83 bits per heavy atom. The van der Waals surface area contributed by atoms with Crippen molar-refractivity contribution in [3.05, 3.63) is 71.6 Å². The second kappa shape index (κ2) is 7.17. The highest BCUT2D eigenvalue weighted by molar-refractivity contribution is 7.89. The topological polar surface area (TPSA) is 75.3 Å². The fourth-order valence-electron chi connectivity index (χ4n) is 1.72. The molecule has 0 heterocycles. The number of aryl methyl sites for hydroxylation is 1. The molecular formula is C16H15FN2O3S. The lowest BCUT2D eigenvalue weighted by Crippen LogP contribution is -2.40. The van der Waals surface area contributed by atoms with Gasteiger partial charge >= 0.3 is 0 Å². The minimum absolute atomic E-state index is 0.0394. The van der Waals surface area contributed by atoms with Gasteiger partial charge in [0.1, 0.15) is 5.82 Å². The van der Waals surface area contributed by atoms with Crippen LogP contribution in [-0.2, 0) is 14.8 Å². The molecule has 0 saturated heterocycles. The number of halogens is 1. The number of hydrogen-bond acceptors (Lipinski definition) is 3. The van der Waals surface area contributed by atoms with E-state index < -0.39 is 21.7 Å². The number of rotatable bonds is 5. The predicted octanol–water partition coefficient (Wildman–Crippen LogP) is 2.16. The van der Waals surface area contributed by atoms with Gasteiger partial charge in [-0.1, -0.05) is 29.8 Å². The van der Waals surface area contributed by atoms with Crippen LogP contribution in [0.15, 0.2) is 59.5 Å². The predicted molar refractivity (Wildman–Crippen MR) is 85.1 cm³/mol. The Labute approximate surface area is 133 Å². The summed E-state index contributed by atoms with van der Waals surface area (Å²) in [5.41, 5.74) is 3.47. The summed E-state index contributed by atoms with van der Waals surface area (Å²) >= 11 is 0. The summed E-state index contributed by atoms with van der Waals surface area (Å²) in [5, 5.41) is 0. The minimum Gasteiger partial charge on any atom is -0.274 e. The third-order valence-corrected chi connectivity index (χ3v) is 4.18. The summed E-state index contributed by atoms with van der Waals surface area (Å²) in [6, 6.07) is 11.8. The number of amides is 1. The molecule has 0 aliphatic rings. The Balaban J connectivity index is 1.97. The van der Waals surface area contributed by atoms with Crippen LogP contribution in [0.5, 0.6) is 0 Å². The molecule has 0 radical (unpaired) electrons. The Bertz CT molecular complexity index is 831. The van der Waals surface area contributed by atoms with Crippen molar-refractivity contribution < 1.29 is 17.6 Å². The van der Waals surface area contributed by atoms with Crippen molar-refractivity contribution in [3.63, 3.8) is 0 Å². The SMILES string of the molecule is Cc1ccc(S(=O)(=O)NNC(=O)C=Cc2cccc(F)c2)cc1. The van der Waals surface area contributed by atoms with Crippen molar-refractivity contribution in [2.45, 2.75) is 11.8 Å². The second-order valence-electron chi connectivity index (χ2n) is 4.80. The summed E-state index contributed by atoms with van der Waals surface area (Å²) < 4.78 is 36.9. The Hall–Kier alpha value is -2.51. The average Bonchev–Trinajstić information content (AvgIpc) is 2.51. The lowest BCUT2D eigenvalue weighted by atomic mass is 10.2. The molecule has 0 spiro atoms. The fraction of sp³-hybridized carbons (Fsp3) is 0.0625. The zero-order valence-electron chi connectivity index (χ0n) is 12.3. The Morgan fingerprint density at radius 3 is 2.48 bits per heavy atom. The van der Waals surface area contributed by atoms with Crippen LogP contribution in [0, 0.1) is 12.7 Å². The summed E-state index contributed by atoms with van der Waals surface area (Å²) in [7, 11) is -3.84. The molecule has 0 saturated carbocycles. The van der Waals surface area contributed by atoms with E-state index in [1.54, 1.807) is 18.2 Å². The average molecular weight is 334 g/mol. The van der Waals surface area contributed by atoms with Gasteiger partial charge in [-0.25, -0.2) is 12.8 Å². The van der Waals surface area contributed by atoms with Crippen molar-refractivity contribution >= 4 is 22.0 Å². The van der Waals surface area contributed by atoms with Gasteiger partial charge < -0.3 is 0 Å². The van der Waals surface area contributed by atoms with Crippen LogP contribution in [0.4, 0.5) is 4.39 Å². The molecule has 5 nitrogen and oxygen atoms in total. The molecule has 2 N–H and O–H groups in total. The van der Waals surface area contributed by atoms with Crippen LogP contribution >= 0.6 is 0 Å². The van der Waals surface area contributed by atoms with Gasteiger partial charge in [0.2, 0.25) is 0 Å². The van der Waals surface area contributed by atoms with Crippen LogP contribution in [0.25, 0.3) is 6.08 Å². The zero-order chi connectivity index (χ0) is 16.9. The first-order valence-electron chi connectivity index (χ1n) is 6.69. The molecule has 0 aromatic heterocycles. The van der Waals surface area contributed by atoms with E-state index in [0.29, 0.717) is 5.56 Å². The van der Waals surface area contributed by atoms with Crippen molar-refractivity contribution in [3.8, 4) is 0 Å². The molecule has 23 heavy (non-hydrogen) atoms. The van der Waals surface area contributed by atoms with Crippen molar-refractivity contribution in [1.29, 1.82) is 0 Å². The highest BCUT2D eigenvalue weighted by Crippen LogP contribution is 2.09. The lowest BCUT2D eigenvalue weighted by molar-refractivity contribution is -0.116. The van der Waals surface area contributed by atoms with Gasteiger partial charge in [0.25, 0.3) is 15.9 Å². The number of benzene rings is 2. The molecule has 0 atom stereocenters. The number of carbonyl (C=O) groups is 1. The zero-order valence-corrected chi connectivity index (χ0v) is 13.1. The highest BCUT2D eigenvalue weighted by Gasteiger charge is 2.13. The molecule has 0 aliphatic carbocycles. The minimum atomic E-state index is -3.84. The smallest absolute Gasteiger partial charge is 0.258 e. The van der Waals surface area contributed by atoms with Crippen LogP contribution in [0.3, 0.4) is 0 Å². The third-order valence-electron chi connectivity index (χ3n) is 2.92. The van der Waals surface area contributed by atoms with Gasteiger partial charge in [-0.2, -0.15) is 0 Å². The summed E-state index contributed by atoms with van der Waals surface area (Å²) in [4.78, 5) is 13.6. The number of nitrogens with one attached hydrogen (secondary N) is 2. The molecular weight excluding hydrogens is 319 g/mol. The van der Waals surface area contributed by atoms with Crippen LogP contribution in [-0.4, -0.2) is 14.3 Å². The summed E-state index contributed by atoms with van der Waals surface area (Å²) in [6.07, 6.45) is 2.48. The van der Waals surface area contributed by atoms with Gasteiger partial charge in [-0.05, 0) is 42.8 Å². The molecule has 2 aromatic carbocycles. The third kappa shape index (κ3) is 5.01. The number of sulfonamides is 1. The molecule has 0 bridgehead atoms. The first-order chi connectivity index (χ1) is 10.9. The summed E-state index contributed by atoms with van der Waals surface area (Å²) in [5.74, 6) is -1.10. The van der Waals surface area contributed by atoms with E-state index >= 15 is 0 Å². The molecule has 2 rings (SSSR count). The molecule has 2 aromatic rings. The summed E-state index contributed by atoms with van der Waals surface area (Å²) in [6.45, 7) is 1.84. The maximum Gasteiger partial charge on any atom is 0.258 e. The molecule has 7 heteroatoms. The molecule has 0 unspecified atom stereocenters. The fourth-order valence-corrected chi connectivity index (χ4v) is 2.56. The normalized spacial score (nSPS) is 11.6. The van der Waals surface area contributed by atoms with Gasteiger partial charge in [0.05, 0.1) is 4.90 Å². The van der Waals surface area contributed by atoms with E-state index in [-0.39, 0.29) is 4.90 Å². The molecule has 0 fully saturated rings. The number of carbonyl (C=O) groups excluding carboxylic acids is 1. The largest absolute Gasteiger partial charge is 0.274 e. The maximum atomic E-state index is 13.0. The van der Waals surface area contributed by atoms with Gasteiger partial charge in [0, 0.05) is 6.08 Å². The van der Waals surface area contributed by atoms with Crippen molar-refractivity contribution in [1.82, 2.24) is 10.3 Å². The molecule has 120 valence electrons. The van der Waals surface area contributed by atoms with Gasteiger partial charge in [-0.15, -0.1) is 4.83 Å². The first-order valence-corrected chi connectivity index (χ1v) is 8.17. The van der Waals surface area contributed by atoms with E-state index in [2.05, 4.69) is 5.43 Å². The van der Waals surface area contributed by atoms with E-state index in [1.807, 2.05) is 11.8 Å². The maximum absolute atomic E-state index is 13.0.